The van der Waals surface area contributed by atoms with Crippen LogP contribution in [0.5, 0.6) is 0 Å². The Hall–Kier alpha value is -4.89. The number of rotatable bonds is 9. The summed E-state index contributed by atoms with van der Waals surface area (Å²) in [4.78, 5) is 4.93. The van der Waals surface area contributed by atoms with E-state index in [1.54, 1.807) is 18.4 Å². The first kappa shape index (κ1) is 33.0. The molecule has 4 rings (SSSR count). The Morgan fingerprint density at radius 3 is 2.76 bits per heavy atom. The summed E-state index contributed by atoms with van der Waals surface area (Å²) in [7, 11) is 2.13. The van der Waals surface area contributed by atoms with E-state index in [0.29, 0.717) is 24.5 Å². The first-order valence-corrected chi connectivity index (χ1v) is 15.6. The molecule has 1 aliphatic heterocycles. The molecule has 0 spiro atoms. The fourth-order valence-electron chi connectivity index (χ4n) is 5.68. The van der Waals surface area contributed by atoms with Gasteiger partial charge in [0.05, 0.1) is 29.4 Å². The molecule has 232 valence electrons. The second kappa shape index (κ2) is 15.2. The maximum absolute atomic E-state index is 6.27. The van der Waals surface area contributed by atoms with E-state index in [9.17, 15) is 0 Å². The van der Waals surface area contributed by atoms with Gasteiger partial charge in [0, 0.05) is 42.1 Å². The molecule has 2 aromatic heterocycles. The van der Waals surface area contributed by atoms with E-state index in [1.807, 2.05) is 19.1 Å². The monoisotopic (exact) mass is 600 g/mol. The zero-order valence-electron chi connectivity index (χ0n) is 27.4. The van der Waals surface area contributed by atoms with Crippen molar-refractivity contribution < 1.29 is 4.74 Å². The number of aromatic nitrogens is 3. The third-order valence-electron chi connectivity index (χ3n) is 8.25. The minimum Gasteiger partial charge on any atom is -0.497 e. The molecule has 0 N–H and O–H groups in total. The number of hydrogen-bond donors (Lipinski definition) is 0. The van der Waals surface area contributed by atoms with Gasteiger partial charge in [-0.1, -0.05) is 51.3 Å². The van der Waals surface area contributed by atoms with Gasteiger partial charge in [-0.15, -0.1) is 10.4 Å². The largest absolute Gasteiger partial charge is 0.497 e. The van der Waals surface area contributed by atoms with Gasteiger partial charge in [0.25, 0.3) is 6.72 Å². The third-order valence-corrected chi connectivity index (χ3v) is 8.25. The van der Waals surface area contributed by atoms with E-state index < -0.39 is 0 Å². The van der Waals surface area contributed by atoms with Gasteiger partial charge >= 0.3 is 6.21 Å². The predicted molar refractivity (Wildman–Crippen MR) is 192 cm³/mol. The highest BCUT2D eigenvalue weighted by Crippen LogP contribution is 2.24. The maximum atomic E-state index is 6.27. The number of ether oxygens (including phenoxy) is 1. The lowest BCUT2D eigenvalue weighted by atomic mass is 10.0. The smallest absolute Gasteiger partial charge is 0.304 e. The van der Waals surface area contributed by atoms with Crippen molar-refractivity contribution in [3.63, 3.8) is 0 Å². The molecule has 0 radical (unpaired) electrons. The van der Waals surface area contributed by atoms with Crippen LogP contribution in [-0.4, -0.2) is 39.6 Å². The number of aliphatic imine (C=N–C) groups is 1. The normalized spacial score (nSPS) is 19.4. The fourth-order valence-corrected chi connectivity index (χ4v) is 5.68. The van der Waals surface area contributed by atoms with Crippen molar-refractivity contribution >= 4 is 30.8 Å². The number of allylic oxidation sites excluding steroid dienone is 8. The second-order valence-corrected chi connectivity index (χ2v) is 11.5. The fraction of sp³-hybridized carbons (Fsp3) is 0.308. The van der Waals surface area contributed by atoms with Gasteiger partial charge in [-0.05, 0) is 81.2 Å². The van der Waals surface area contributed by atoms with Crippen LogP contribution in [0.15, 0.2) is 107 Å². The number of hydrogen-bond acceptors (Lipinski definition) is 3. The van der Waals surface area contributed by atoms with Gasteiger partial charge < -0.3 is 9.30 Å². The van der Waals surface area contributed by atoms with Gasteiger partial charge in [-0.25, -0.2) is 0 Å². The molecule has 0 saturated carbocycles. The van der Waals surface area contributed by atoms with Crippen LogP contribution < -0.4 is 15.2 Å². The van der Waals surface area contributed by atoms with Crippen LogP contribution in [-0.2, 0) is 18.2 Å². The molecule has 2 aliphatic rings. The highest BCUT2D eigenvalue weighted by Gasteiger charge is 2.20. The molecule has 3 heterocycles. The molecular formula is C39H46N5O+. The van der Waals surface area contributed by atoms with Crippen molar-refractivity contribution in [1.82, 2.24) is 19.0 Å². The number of aryl methyl sites for hydroxylation is 1. The van der Waals surface area contributed by atoms with Crippen molar-refractivity contribution in [2.45, 2.75) is 65.3 Å². The SMILES string of the molecule is C=CC=C1CC(=C)C2=C=CC=c3c(-c4ccc(CCC(=C)CCC)n4C)nn(c3=C2)[C@@H](C)CCO/C(C)=C(\C=[N+]=C)C(C=C)=N1. The second-order valence-electron chi connectivity index (χ2n) is 11.5. The van der Waals surface area contributed by atoms with Crippen LogP contribution in [0, 0.1) is 0 Å². The standard InChI is InChI=1S/C39H46N5O/c1-10-14-27(4)18-19-33-20-21-37(43(33)9)39-34-17-13-16-31-25-38(34)44(42-39)29(6)22-23-45-30(7)35(26-40-8)36(12-3)41-32(15-11-2)24-28(31)5/h11-13,15,17,20-21,25-26,29H,2-5,8,10,14,18-19,22-24H2,1,6-7,9H3/q+1/b32-15?,35-30+,41-36?/t29-/m0/s1. The van der Waals surface area contributed by atoms with Crippen molar-refractivity contribution in [2.24, 2.45) is 12.0 Å². The number of nitrogens with zero attached hydrogens (tertiary/aromatic N) is 5. The van der Waals surface area contributed by atoms with Crippen molar-refractivity contribution in [1.29, 1.82) is 0 Å². The lowest BCUT2D eigenvalue weighted by molar-refractivity contribution is 0.191. The first-order valence-electron chi connectivity index (χ1n) is 15.6. The Balaban J connectivity index is 1.85. The quantitative estimate of drug-likeness (QED) is 0.142. The molecule has 1 atom stereocenters. The molecule has 6 nitrogen and oxygen atoms in total. The van der Waals surface area contributed by atoms with E-state index in [-0.39, 0.29) is 6.04 Å². The van der Waals surface area contributed by atoms with Gasteiger partial charge in [-0.2, -0.15) is 5.10 Å². The van der Waals surface area contributed by atoms with E-state index in [1.165, 1.54) is 11.3 Å². The Morgan fingerprint density at radius 2 is 2.04 bits per heavy atom. The molecule has 1 aliphatic carbocycles. The van der Waals surface area contributed by atoms with Crippen LogP contribution >= 0.6 is 0 Å². The van der Waals surface area contributed by atoms with Crippen molar-refractivity contribution in [3.8, 4) is 11.4 Å². The Kier molecular flexibility index (Phi) is 11.2. The summed E-state index contributed by atoms with van der Waals surface area (Å²) in [5, 5.41) is 7.33. The lowest BCUT2D eigenvalue weighted by Crippen LogP contribution is -2.32. The molecular weight excluding hydrogens is 554 g/mol. The summed E-state index contributed by atoms with van der Waals surface area (Å²) >= 11 is 0. The van der Waals surface area contributed by atoms with Gasteiger partial charge in [0.1, 0.15) is 17.0 Å². The molecule has 0 aromatic carbocycles. The summed E-state index contributed by atoms with van der Waals surface area (Å²) in [6.45, 7) is 27.1. The van der Waals surface area contributed by atoms with E-state index in [4.69, 9.17) is 14.8 Å². The summed E-state index contributed by atoms with van der Waals surface area (Å²) in [5.41, 5.74) is 12.0. The van der Waals surface area contributed by atoms with Gasteiger partial charge in [0.2, 0.25) is 0 Å². The van der Waals surface area contributed by atoms with E-state index in [0.717, 1.165) is 76.5 Å². The topological polar surface area (TPSA) is 58.4 Å². The predicted octanol–water partition coefficient (Wildman–Crippen LogP) is 6.57. The van der Waals surface area contributed by atoms with Gasteiger partial charge in [-0.3, -0.25) is 9.67 Å². The van der Waals surface area contributed by atoms with E-state index >= 15 is 0 Å². The van der Waals surface area contributed by atoms with Crippen LogP contribution in [0.3, 0.4) is 0 Å². The zero-order chi connectivity index (χ0) is 32.5. The molecule has 2 bridgehead atoms. The molecule has 2 aromatic rings. The molecule has 0 saturated heterocycles. The lowest BCUT2D eigenvalue weighted by Gasteiger charge is -2.15. The molecule has 45 heavy (non-hydrogen) atoms. The summed E-state index contributed by atoms with van der Waals surface area (Å²) in [5.74, 6) is 0.699. The highest BCUT2D eigenvalue weighted by molar-refractivity contribution is 6.21. The van der Waals surface area contributed by atoms with Crippen LogP contribution in [0.2, 0.25) is 0 Å². The molecule has 6 heteroatoms. The average molecular weight is 601 g/mol. The van der Waals surface area contributed by atoms with Crippen molar-refractivity contribution in [3.05, 3.63) is 118 Å². The maximum Gasteiger partial charge on any atom is 0.304 e. The van der Waals surface area contributed by atoms with Crippen molar-refractivity contribution in [2.75, 3.05) is 6.61 Å². The minimum absolute atomic E-state index is 0.0496. The molecule has 0 fully saturated rings. The first-order chi connectivity index (χ1) is 21.7. The van der Waals surface area contributed by atoms with Crippen LogP contribution in [0.25, 0.3) is 23.5 Å². The Bertz CT molecular complexity index is 1850. The Labute approximate surface area is 268 Å². The van der Waals surface area contributed by atoms with Crippen LogP contribution in [0.4, 0.5) is 0 Å². The summed E-state index contributed by atoms with van der Waals surface area (Å²) < 4.78 is 14.7. The zero-order valence-corrected chi connectivity index (χ0v) is 27.4. The van der Waals surface area contributed by atoms with Crippen LogP contribution in [0.1, 0.15) is 64.6 Å². The summed E-state index contributed by atoms with van der Waals surface area (Å²) in [6.07, 6.45) is 18.6. The minimum atomic E-state index is 0.0496. The highest BCUT2D eigenvalue weighted by atomic mass is 16.5. The molecule has 0 amide bonds. The third kappa shape index (κ3) is 7.61. The number of fused-ring (bicyclic) bond motifs is 1. The Morgan fingerprint density at radius 1 is 1.24 bits per heavy atom. The van der Waals surface area contributed by atoms with Gasteiger partial charge in [0.15, 0.2) is 0 Å². The average Bonchev–Trinajstić information content (AvgIpc) is 3.46. The molecule has 0 unspecified atom stereocenters. The summed E-state index contributed by atoms with van der Waals surface area (Å²) in [6, 6.07) is 4.44. The van der Waals surface area contributed by atoms with E-state index in [2.05, 4.69) is 97.9 Å².